The van der Waals surface area contributed by atoms with Crippen LogP contribution in [0.25, 0.3) is 0 Å². The van der Waals surface area contributed by atoms with E-state index in [0.717, 1.165) is 22.6 Å². The molecule has 112 valence electrons. The number of benzene rings is 1. The summed E-state index contributed by atoms with van der Waals surface area (Å²) in [5, 5.41) is 13.6. The normalized spacial score (nSPS) is 18.7. The number of nitrogens with one attached hydrogen (secondary N) is 3. The Hall–Kier alpha value is -2.41. The highest BCUT2D eigenvalue weighted by Gasteiger charge is 2.31. The van der Waals surface area contributed by atoms with E-state index in [1.807, 2.05) is 26.1 Å². The molecule has 7 N–H and O–H groups in total. The van der Waals surface area contributed by atoms with Crippen LogP contribution in [0.5, 0.6) is 0 Å². The lowest BCUT2D eigenvalue weighted by atomic mass is 9.77. The van der Waals surface area contributed by atoms with E-state index in [9.17, 15) is 0 Å². The van der Waals surface area contributed by atoms with Crippen LogP contribution in [0.3, 0.4) is 0 Å². The summed E-state index contributed by atoms with van der Waals surface area (Å²) >= 11 is 0. The number of likely N-dealkylation sites (N-methyl/N-ethyl adjacent to an activating group) is 1. The third-order valence-electron chi connectivity index (χ3n) is 4.21. The maximum absolute atomic E-state index is 6.46. The lowest BCUT2D eigenvalue weighted by Crippen LogP contribution is -2.35. The number of aromatic nitrogens is 2. The van der Waals surface area contributed by atoms with Gasteiger partial charge in [-0.15, -0.1) is 0 Å². The van der Waals surface area contributed by atoms with Gasteiger partial charge in [-0.25, -0.2) is 0 Å². The summed E-state index contributed by atoms with van der Waals surface area (Å²) in [4.78, 5) is 0. The highest BCUT2D eigenvalue weighted by atomic mass is 15.2. The highest BCUT2D eigenvalue weighted by molar-refractivity contribution is 6.36. The fraction of sp³-hybridized carbons (Fsp3) is 0.267. The molecule has 22 heavy (non-hydrogen) atoms. The standard InChI is InChI=1S/C15H19BN6/c1-7(19-2)14-13(18)11(9-6-20-22-15(9)21-14)8-4-3-5-10(17)12(8)16/h3-7,11,19H,17-18H2,1-2H3,(H2,20,21,22). The van der Waals surface area contributed by atoms with E-state index in [0.29, 0.717) is 16.8 Å². The topological polar surface area (TPSA) is 105 Å². The Kier molecular flexibility index (Phi) is 3.58. The number of anilines is 2. The maximum atomic E-state index is 6.46. The van der Waals surface area contributed by atoms with Gasteiger partial charge in [0.1, 0.15) is 13.7 Å². The Morgan fingerprint density at radius 1 is 1.32 bits per heavy atom. The lowest BCUT2D eigenvalue weighted by molar-refractivity contribution is 0.672. The maximum Gasteiger partial charge on any atom is 0.129 e. The summed E-state index contributed by atoms with van der Waals surface area (Å²) in [6.45, 7) is 2.04. The van der Waals surface area contributed by atoms with Crippen molar-refractivity contribution in [2.45, 2.75) is 18.9 Å². The predicted molar refractivity (Wildman–Crippen MR) is 90.0 cm³/mol. The van der Waals surface area contributed by atoms with Crippen molar-refractivity contribution < 1.29 is 0 Å². The second-order valence-corrected chi connectivity index (χ2v) is 5.49. The number of nitrogen functional groups attached to an aromatic ring is 1. The largest absolute Gasteiger partial charge is 0.400 e. The van der Waals surface area contributed by atoms with E-state index >= 15 is 0 Å². The van der Waals surface area contributed by atoms with Crippen molar-refractivity contribution in [3.63, 3.8) is 0 Å². The van der Waals surface area contributed by atoms with E-state index in [1.165, 1.54) is 0 Å². The summed E-state index contributed by atoms with van der Waals surface area (Å²) in [6.07, 6.45) is 1.77. The first-order chi connectivity index (χ1) is 10.5. The van der Waals surface area contributed by atoms with Crippen LogP contribution in [0.1, 0.15) is 24.0 Å². The van der Waals surface area contributed by atoms with Gasteiger partial charge in [-0.3, -0.25) is 5.10 Å². The van der Waals surface area contributed by atoms with Crippen LogP contribution in [0.2, 0.25) is 0 Å². The van der Waals surface area contributed by atoms with Crippen molar-refractivity contribution in [1.29, 1.82) is 0 Å². The summed E-state index contributed by atoms with van der Waals surface area (Å²) in [7, 11) is 8.07. The molecule has 1 aliphatic rings. The first kappa shape index (κ1) is 14.5. The summed E-state index contributed by atoms with van der Waals surface area (Å²) in [5.41, 5.74) is 17.0. The van der Waals surface area contributed by atoms with Gasteiger partial charge < -0.3 is 22.1 Å². The Morgan fingerprint density at radius 2 is 2.09 bits per heavy atom. The van der Waals surface area contributed by atoms with Gasteiger partial charge in [0.05, 0.1) is 17.8 Å². The number of hydrogen-bond donors (Lipinski definition) is 5. The van der Waals surface area contributed by atoms with Crippen molar-refractivity contribution in [3.8, 4) is 0 Å². The number of aromatic amines is 1. The van der Waals surface area contributed by atoms with Crippen molar-refractivity contribution in [1.82, 2.24) is 15.5 Å². The van der Waals surface area contributed by atoms with Gasteiger partial charge in [-0.1, -0.05) is 17.6 Å². The monoisotopic (exact) mass is 294 g/mol. The number of H-pyrrole nitrogens is 1. The molecule has 3 rings (SSSR count). The van der Waals surface area contributed by atoms with Gasteiger partial charge in [0.15, 0.2) is 0 Å². The van der Waals surface area contributed by atoms with Crippen LogP contribution in [-0.4, -0.2) is 31.1 Å². The minimum atomic E-state index is -0.177. The zero-order chi connectivity index (χ0) is 15.9. The molecule has 0 amide bonds. The smallest absolute Gasteiger partial charge is 0.129 e. The van der Waals surface area contributed by atoms with Gasteiger partial charge >= 0.3 is 0 Å². The molecule has 6 nitrogen and oxygen atoms in total. The molecule has 1 aromatic heterocycles. The second-order valence-electron chi connectivity index (χ2n) is 5.49. The van der Waals surface area contributed by atoms with Crippen LogP contribution in [0.4, 0.5) is 11.5 Å². The predicted octanol–water partition coefficient (Wildman–Crippen LogP) is 0.121. The fourth-order valence-corrected chi connectivity index (χ4v) is 2.84. The van der Waals surface area contributed by atoms with Crippen LogP contribution in [0.15, 0.2) is 35.8 Å². The zero-order valence-electron chi connectivity index (χ0n) is 12.6. The number of nitrogens with two attached hydrogens (primary N) is 2. The molecule has 7 heteroatoms. The molecule has 0 saturated heterocycles. The molecule has 0 fully saturated rings. The Labute approximate surface area is 130 Å². The number of allylic oxidation sites excluding steroid dienone is 1. The molecule has 2 unspecified atom stereocenters. The van der Waals surface area contributed by atoms with Crippen LogP contribution >= 0.6 is 0 Å². The molecular weight excluding hydrogens is 275 g/mol. The number of rotatable bonds is 3. The van der Waals surface area contributed by atoms with Crippen molar-refractivity contribution in [2.24, 2.45) is 5.73 Å². The summed E-state index contributed by atoms with van der Waals surface area (Å²) < 4.78 is 0. The Morgan fingerprint density at radius 3 is 2.82 bits per heavy atom. The van der Waals surface area contributed by atoms with E-state index in [4.69, 9.17) is 19.3 Å². The van der Waals surface area contributed by atoms with Gasteiger partial charge in [0.25, 0.3) is 0 Å². The van der Waals surface area contributed by atoms with Gasteiger partial charge in [-0.2, -0.15) is 5.10 Å². The van der Waals surface area contributed by atoms with Gasteiger partial charge in [0, 0.05) is 23.0 Å². The van der Waals surface area contributed by atoms with E-state index in [-0.39, 0.29) is 12.0 Å². The number of hydrogen-bond acceptors (Lipinski definition) is 5. The lowest BCUT2D eigenvalue weighted by Gasteiger charge is -2.31. The molecule has 1 aliphatic heterocycles. The van der Waals surface area contributed by atoms with Crippen molar-refractivity contribution in [3.05, 3.63) is 46.9 Å². The van der Waals surface area contributed by atoms with Crippen LogP contribution in [-0.2, 0) is 0 Å². The van der Waals surface area contributed by atoms with E-state index in [1.54, 1.807) is 12.3 Å². The molecule has 0 spiro atoms. The van der Waals surface area contributed by atoms with Gasteiger partial charge in [0.2, 0.25) is 0 Å². The molecule has 2 heterocycles. The average Bonchev–Trinajstić information content (AvgIpc) is 2.97. The molecule has 0 bridgehead atoms. The zero-order valence-corrected chi connectivity index (χ0v) is 12.6. The SMILES string of the molecule is [B]c1c(N)cccc1C1C(N)=C(C(C)NC)Nc2[nH]ncc21. The number of fused-ring (bicyclic) bond motifs is 1. The molecule has 2 atom stereocenters. The molecule has 2 radical (unpaired) electrons. The summed E-state index contributed by atoms with van der Waals surface area (Å²) in [5.74, 6) is 0.655. The third kappa shape index (κ3) is 2.14. The van der Waals surface area contributed by atoms with E-state index in [2.05, 4.69) is 20.8 Å². The minimum Gasteiger partial charge on any atom is -0.400 e. The van der Waals surface area contributed by atoms with Crippen LogP contribution in [0, 0.1) is 0 Å². The molecule has 2 aromatic rings. The average molecular weight is 294 g/mol. The molecule has 0 saturated carbocycles. The first-order valence-electron chi connectivity index (χ1n) is 7.15. The van der Waals surface area contributed by atoms with Crippen molar-refractivity contribution in [2.75, 3.05) is 18.1 Å². The third-order valence-corrected chi connectivity index (χ3v) is 4.21. The number of nitrogens with zero attached hydrogens (tertiary/aromatic N) is 1. The first-order valence-corrected chi connectivity index (χ1v) is 7.15. The Bertz CT molecular complexity index is 735. The quantitative estimate of drug-likeness (QED) is 0.408. The van der Waals surface area contributed by atoms with Gasteiger partial charge in [-0.05, 0) is 25.6 Å². The summed E-state index contributed by atoms with van der Waals surface area (Å²) in [6, 6.07) is 5.69. The van der Waals surface area contributed by atoms with Crippen LogP contribution < -0.4 is 27.6 Å². The fourth-order valence-electron chi connectivity index (χ4n) is 2.84. The Balaban J connectivity index is 2.20. The van der Waals surface area contributed by atoms with E-state index < -0.39 is 0 Å². The highest BCUT2D eigenvalue weighted by Crippen LogP contribution is 2.38. The van der Waals surface area contributed by atoms with Crippen molar-refractivity contribution >= 4 is 24.8 Å². The molecule has 0 aliphatic carbocycles. The minimum absolute atomic E-state index is 0.0706. The molecule has 1 aromatic carbocycles. The second kappa shape index (κ2) is 5.42. The molecular formula is C15H19BN6.